The molecule has 1 aromatic heterocycles. The summed E-state index contributed by atoms with van der Waals surface area (Å²) >= 11 is 1.88. The molecule has 1 aromatic carbocycles. The molecule has 26 heavy (non-hydrogen) atoms. The Morgan fingerprint density at radius 3 is 2.35 bits per heavy atom. The fraction of sp³-hybridized carbons (Fsp3) is 0.421. The number of aliphatic carboxylic acids is 2. The standard InChI is InChI=1S/C17H24N2S.C2H2O4/c1-5-13(2)15-12-14-8-6-7-9-16(14)18-17(15)20-11-10-19(3)4;3-1(4)2(5)6/h6-9,12-13H,5,10-11H2,1-4H3;(H,3,4)(H,5,6). The lowest BCUT2D eigenvalue weighted by Gasteiger charge is -2.16. The number of carboxylic acids is 2. The highest BCUT2D eigenvalue weighted by atomic mass is 32.2. The van der Waals surface area contributed by atoms with Gasteiger partial charge in [-0.05, 0) is 44.1 Å². The van der Waals surface area contributed by atoms with Gasteiger partial charge in [-0.1, -0.05) is 32.0 Å². The highest BCUT2D eigenvalue weighted by molar-refractivity contribution is 7.99. The van der Waals surface area contributed by atoms with Gasteiger partial charge in [-0.15, -0.1) is 11.8 Å². The highest BCUT2D eigenvalue weighted by Crippen LogP contribution is 2.31. The molecule has 0 amide bonds. The first-order chi connectivity index (χ1) is 12.3. The van der Waals surface area contributed by atoms with Crippen molar-refractivity contribution in [1.82, 2.24) is 9.88 Å². The lowest BCUT2D eigenvalue weighted by Crippen LogP contribution is -2.15. The van der Waals surface area contributed by atoms with Gasteiger partial charge in [0.2, 0.25) is 0 Å². The number of para-hydroxylation sites is 1. The maximum atomic E-state index is 9.10. The molecule has 1 atom stereocenters. The van der Waals surface area contributed by atoms with Gasteiger partial charge >= 0.3 is 11.9 Å². The van der Waals surface area contributed by atoms with E-state index >= 15 is 0 Å². The van der Waals surface area contributed by atoms with Gasteiger partial charge < -0.3 is 15.1 Å². The van der Waals surface area contributed by atoms with E-state index in [1.807, 2.05) is 11.8 Å². The summed E-state index contributed by atoms with van der Waals surface area (Å²) in [5.41, 5.74) is 2.50. The quantitative estimate of drug-likeness (QED) is 0.587. The van der Waals surface area contributed by atoms with E-state index < -0.39 is 11.9 Å². The molecule has 7 heteroatoms. The van der Waals surface area contributed by atoms with Crippen molar-refractivity contribution in [3.05, 3.63) is 35.9 Å². The van der Waals surface area contributed by atoms with Gasteiger partial charge in [-0.25, -0.2) is 14.6 Å². The van der Waals surface area contributed by atoms with Crippen LogP contribution in [0, 0.1) is 0 Å². The summed E-state index contributed by atoms with van der Waals surface area (Å²) in [6.07, 6.45) is 1.15. The average molecular weight is 378 g/mol. The molecule has 2 rings (SSSR count). The largest absolute Gasteiger partial charge is 0.473 e. The average Bonchev–Trinajstić information content (AvgIpc) is 2.60. The number of hydrogen-bond donors (Lipinski definition) is 2. The van der Waals surface area contributed by atoms with Crippen LogP contribution in [0.3, 0.4) is 0 Å². The van der Waals surface area contributed by atoms with Gasteiger partial charge in [-0.2, -0.15) is 0 Å². The van der Waals surface area contributed by atoms with Crippen LogP contribution in [-0.2, 0) is 9.59 Å². The molecule has 1 heterocycles. The van der Waals surface area contributed by atoms with E-state index in [1.165, 1.54) is 16.0 Å². The molecular weight excluding hydrogens is 352 g/mol. The monoisotopic (exact) mass is 378 g/mol. The van der Waals surface area contributed by atoms with Gasteiger partial charge in [0.1, 0.15) is 5.03 Å². The van der Waals surface area contributed by atoms with Crippen molar-refractivity contribution < 1.29 is 19.8 Å². The molecule has 0 aliphatic heterocycles. The van der Waals surface area contributed by atoms with Crippen LogP contribution in [0.25, 0.3) is 10.9 Å². The molecule has 0 fully saturated rings. The predicted molar refractivity (Wildman–Crippen MR) is 105 cm³/mol. The molecule has 0 aliphatic carbocycles. The van der Waals surface area contributed by atoms with Crippen LogP contribution < -0.4 is 0 Å². The Balaban J connectivity index is 0.000000487. The molecule has 0 saturated carbocycles. The van der Waals surface area contributed by atoms with E-state index in [-0.39, 0.29) is 0 Å². The Morgan fingerprint density at radius 2 is 1.81 bits per heavy atom. The van der Waals surface area contributed by atoms with Crippen molar-refractivity contribution in [2.24, 2.45) is 0 Å². The summed E-state index contributed by atoms with van der Waals surface area (Å²) in [6.45, 7) is 5.62. The zero-order chi connectivity index (χ0) is 19.7. The van der Waals surface area contributed by atoms with Crippen LogP contribution in [-0.4, -0.2) is 58.4 Å². The number of fused-ring (bicyclic) bond motifs is 1. The van der Waals surface area contributed by atoms with Crippen molar-refractivity contribution in [1.29, 1.82) is 0 Å². The topological polar surface area (TPSA) is 90.7 Å². The van der Waals surface area contributed by atoms with Crippen molar-refractivity contribution >= 4 is 34.6 Å². The molecule has 0 aliphatic rings. The van der Waals surface area contributed by atoms with E-state index in [0.29, 0.717) is 5.92 Å². The first kappa shape index (κ1) is 21.9. The van der Waals surface area contributed by atoms with E-state index in [9.17, 15) is 0 Å². The summed E-state index contributed by atoms with van der Waals surface area (Å²) in [5, 5.41) is 17.2. The van der Waals surface area contributed by atoms with Crippen LogP contribution in [0.4, 0.5) is 0 Å². The molecule has 142 valence electrons. The normalized spacial score (nSPS) is 11.7. The van der Waals surface area contributed by atoms with Crippen molar-refractivity contribution in [2.45, 2.75) is 31.2 Å². The third kappa shape index (κ3) is 7.01. The van der Waals surface area contributed by atoms with Crippen LogP contribution in [0.1, 0.15) is 31.7 Å². The fourth-order valence-electron chi connectivity index (χ4n) is 2.13. The zero-order valence-electron chi connectivity index (χ0n) is 15.6. The molecule has 6 nitrogen and oxygen atoms in total. The molecule has 2 N–H and O–H groups in total. The van der Waals surface area contributed by atoms with Crippen LogP contribution >= 0.6 is 11.8 Å². The minimum Gasteiger partial charge on any atom is -0.473 e. The van der Waals surface area contributed by atoms with E-state index in [0.717, 1.165) is 24.2 Å². The maximum Gasteiger partial charge on any atom is 0.414 e. The van der Waals surface area contributed by atoms with Gasteiger partial charge in [0.15, 0.2) is 0 Å². The smallest absolute Gasteiger partial charge is 0.414 e. The number of aromatic nitrogens is 1. The first-order valence-electron chi connectivity index (χ1n) is 8.39. The van der Waals surface area contributed by atoms with Crippen molar-refractivity contribution in [2.75, 3.05) is 26.4 Å². The molecule has 0 spiro atoms. The Labute approximate surface area is 158 Å². The summed E-state index contributed by atoms with van der Waals surface area (Å²) in [6, 6.07) is 10.7. The highest BCUT2D eigenvalue weighted by Gasteiger charge is 2.12. The molecular formula is C19H26N2O4S. The number of rotatable bonds is 6. The third-order valence-corrected chi connectivity index (χ3v) is 4.81. The SMILES string of the molecule is CCC(C)c1cc2ccccc2nc1SCCN(C)C.O=C(O)C(=O)O. The summed E-state index contributed by atoms with van der Waals surface area (Å²) in [7, 11) is 4.23. The molecule has 0 radical (unpaired) electrons. The lowest BCUT2D eigenvalue weighted by atomic mass is 9.99. The van der Waals surface area contributed by atoms with Gasteiger partial charge in [-0.3, -0.25) is 0 Å². The maximum absolute atomic E-state index is 9.10. The number of carbonyl (C=O) groups is 2. The van der Waals surface area contributed by atoms with Crippen molar-refractivity contribution in [3.63, 3.8) is 0 Å². The second-order valence-electron chi connectivity index (χ2n) is 6.15. The second-order valence-corrected chi connectivity index (χ2v) is 7.23. The number of benzene rings is 1. The summed E-state index contributed by atoms with van der Waals surface area (Å²) in [5.74, 6) is -2.00. The molecule has 0 bridgehead atoms. The Hall–Kier alpha value is -2.12. The first-order valence-corrected chi connectivity index (χ1v) is 9.38. The number of thioether (sulfide) groups is 1. The van der Waals surface area contributed by atoms with E-state index in [1.54, 1.807) is 0 Å². The lowest BCUT2D eigenvalue weighted by molar-refractivity contribution is -0.159. The van der Waals surface area contributed by atoms with E-state index in [4.69, 9.17) is 24.8 Å². The summed E-state index contributed by atoms with van der Waals surface area (Å²) < 4.78 is 0. The Kier molecular flexibility index (Phi) is 9.09. The zero-order valence-corrected chi connectivity index (χ0v) is 16.4. The van der Waals surface area contributed by atoms with Gasteiger partial charge in [0.25, 0.3) is 0 Å². The Bertz CT molecular complexity index is 737. The van der Waals surface area contributed by atoms with Crippen LogP contribution in [0.15, 0.2) is 35.4 Å². The number of carboxylic acid groups (broad SMARTS) is 2. The number of hydrogen-bond acceptors (Lipinski definition) is 5. The van der Waals surface area contributed by atoms with Gasteiger partial charge in [0, 0.05) is 17.7 Å². The minimum absolute atomic E-state index is 0.564. The fourth-order valence-corrected chi connectivity index (χ4v) is 3.37. The number of pyridine rings is 1. The van der Waals surface area contributed by atoms with Gasteiger partial charge in [0.05, 0.1) is 5.52 Å². The second kappa shape index (κ2) is 10.8. The predicted octanol–water partition coefficient (Wildman–Crippen LogP) is 3.56. The molecule has 2 aromatic rings. The Morgan fingerprint density at radius 1 is 1.19 bits per heavy atom. The minimum atomic E-state index is -1.82. The van der Waals surface area contributed by atoms with E-state index in [2.05, 4.69) is 63.2 Å². The number of nitrogens with zero attached hydrogens (tertiary/aromatic N) is 2. The molecule has 1 unspecified atom stereocenters. The van der Waals surface area contributed by atoms with Crippen LogP contribution in [0.5, 0.6) is 0 Å². The molecule has 0 saturated heterocycles. The summed E-state index contributed by atoms with van der Waals surface area (Å²) in [4.78, 5) is 25.3. The van der Waals surface area contributed by atoms with Crippen molar-refractivity contribution in [3.8, 4) is 0 Å². The van der Waals surface area contributed by atoms with Crippen LogP contribution in [0.2, 0.25) is 0 Å². The third-order valence-electron chi connectivity index (χ3n) is 3.82.